The maximum absolute atomic E-state index is 13.1. The van der Waals surface area contributed by atoms with E-state index in [1.54, 1.807) is 25.1 Å². The van der Waals surface area contributed by atoms with Gasteiger partial charge in [0.1, 0.15) is 5.82 Å². The second-order valence-electron chi connectivity index (χ2n) is 5.72. The van der Waals surface area contributed by atoms with Gasteiger partial charge in [0.25, 0.3) is 0 Å². The predicted octanol–water partition coefficient (Wildman–Crippen LogP) is 5.17. The molecule has 0 aliphatic heterocycles. The molecule has 0 spiro atoms. The molecule has 2 nitrogen and oxygen atoms in total. The Morgan fingerprint density at radius 3 is 2.32 bits per heavy atom. The van der Waals surface area contributed by atoms with Gasteiger partial charge < -0.3 is 5.32 Å². The second kappa shape index (κ2) is 6.93. The van der Waals surface area contributed by atoms with Crippen molar-refractivity contribution in [3.63, 3.8) is 0 Å². The first-order valence-corrected chi connectivity index (χ1v) is 7.58. The molecule has 22 heavy (non-hydrogen) atoms. The summed E-state index contributed by atoms with van der Waals surface area (Å²) in [5.41, 5.74) is 2.25. The summed E-state index contributed by atoms with van der Waals surface area (Å²) in [4.78, 5) is 12.6. The number of aryl methyl sites for hydroxylation is 1. The molecule has 2 aromatic rings. The third-order valence-electron chi connectivity index (χ3n) is 3.62. The Bertz CT molecular complexity index is 667. The molecule has 0 saturated heterocycles. The predicted molar refractivity (Wildman–Crippen MR) is 88.8 cm³/mol. The summed E-state index contributed by atoms with van der Waals surface area (Å²) >= 11 is 5.90. The fraction of sp³-hybridized carbons (Fsp3) is 0.278. The van der Waals surface area contributed by atoms with Gasteiger partial charge in [-0.3, -0.25) is 4.79 Å². The van der Waals surface area contributed by atoms with E-state index in [1.165, 1.54) is 12.1 Å². The molecule has 1 amide bonds. The van der Waals surface area contributed by atoms with Gasteiger partial charge in [-0.15, -0.1) is 0 Å². The Labute approximate surface area is 135 Å². The lowest BCUT2D eigenvalue weighted by Gasteiger charge is -2.21. The van der Waals surface area contributed by atoms with Crippen molar-refractivity contribution in [1.82, 2.24) is 0 Å². The third kappa shape index (κ3) is 3.86. The molecule has 1 atom stereocenters. The summed E-state index contributed by atoms with van der Waals surface area (Å²) in [6.45, 7) is 5.76. The molecule has 0 radical (unpaired) electrons. The summed E-state index contributed by atoms with van der Waals surface area (Å²) in [7, 11) is 0. The van der Waals surface area contributed by atoms with Crippen molar-refractivity contribution in [2.24, 2.45) is 5.92 Å². The third-order valence-corrected chi connectivity index (χ3v) is 3.88. The van der Waals surface area contributed by atoms with Gasteiger partial charge in [0.2, 0.25) is 5.91 Å². The SMILES string of the molecule is Cc1cc(F)ccc1NC(=O)[C@H](c1ccc(Cl)cc1)C(C)C. The van der Waals surface area contributed by atoms with Gasteiger partial charge in [-0.05, 0) is 54.3 Å². The normalized spacial score (nSPS) is 12.3. The van der Waals surface area contributed by atoms with E-state index in [4.69, 9.17) is 11.6 Å². The number of nitrogens with one attached hydrogen (secondary N) is 1. The molecule has 1 N–H and O–H groups in total. The largest absolute Gasteiger partial charge is 0.325 e. The monoisotopic (exact) mass is 319 g/mol. The lowest BCUT2D eigenvalue weighted by Crippen LogP contribution is -2.25. The first kappa shape index (κ1) is 16.5. The highest BCUT2D eigenvalue weighted by Gasteiger charge is 2.24. The number of amides is 1. The number of rotatable bonds is 4. The van der Waals surface area contributed by atoms with Crippen molar-refractivity contribution in [3.05, 3.63) is 64.4 Å². The van der Waals surface area contributed by atoms with Crippen LogP contribution in [-0.2, 0) is 4.79 Å². The number of halogens is 2. The topological polar surface area (TPSA) is 29.1 Å². The lowest BCUT2D eigenvalue weighted by molar-refractivity contribution is -0.118. The van der Waals surface area contributed by atoms with Gasteiger partial charge in [-0.2, -0.15) is 0 Å². The van der Waals surface area contributed by atoms with Gasteiger partial charge in [0.05, 0.1) is 5.92 Å². The highest BCUT2D eigenvalue weighted by Crippen LogP contribution is 2.28. The minimum absolute atomic E-state index is 0.105. The Balaban J connectivity index is 2.25. The number of carbonyl (C=O) groups excluding carboxylic acids is 1. The van der Waals surface area contributed by atoms with Crippen LogP contribution in [0.5, 0.6) is 0 Å². The lowest BCUT2D eigenvalue weighted by atomic mass is 9.87. The Kier molecular flexibility index (Phi) is 5.19. The molecule has 0 unspecified atom stereocenters. The van der Waals surface area contributed by atoms with E-state index in [2.05, 4.69) is 5.32 Å². The van der Waals surface area contributed by atoms with E-state index < -0.39 is 0 Å². The van der Waals surface area contributed by atoms with E-state index in [-0.39, 0.29) is 23.6 Å². The van der Waals surface area contributed by atoms with Crippen molar-refractivity contribution >= 4 is 23.2 Å². The highest BCUT2D eigenvalue weighted by molar-refractivity contribution is 6.30. The highest BCUT2D eigenvalue weighted by atomic mass is 35.5. The zero-order valence-electron chi connectivity index (χ0n) is 12.9. The molecule has 0 aliphatic rings. The van der Waals surface area contributed by atoms with Crippen molar-refractivity contribution in [3.8, 4) is 0 Å². The van der Waals surface area contributed by atoms with E-state index in [0.717, 1.165) is 5.56 Å². The first-order valence-electron chi connectivity index (χ1n) is 7.21. The van der Waals surface area contributed by atoms with Crippen LogP contribution in [0.3, 0.4) is 0 Å². The molecular formula is C18H19ClFNO. The number of anilines is 1. The molecular weight excluding hydrogens is 301 g/mol. The molecule has 0 saturated carbocycles. The van der Waals surface area contributed by atoms with Crippen LogP contribution in [0.4, 0.5) is 10.1 Å². The maximum atomic E-state index is 13.1. The Morgan fingerprint density at radius 1 is 1.14 bits per heavy atom. The van der Waals surface area contributed by atoms with E-state index in [1.807, 2.05) is 26.0 Å². The van der Waals surface area contributed by atoms with E-state index >= 15 is 0 Å². The summed E-state index contributed by atoms with van der Waals surface area (Å²) in [5, 5.41) is 3.53. The van der Waals surface area contributed by atoms with Crippen LogP contribution in [-0.4, -0.2) is 5.91 Å². The average molecular weight is 320 g/mol. The van der Waals surface area contributed by atoms with Crippen LogP contribution in [0.25, 0.3) is 0 Å². The molecule has 0 heterocycles. The fourth-order valence-corrected chi connectivity index (χ4v) is 2.61. The quantitative estimate of drug-likeness (QED) is 0.828. The van der Waals surface area contributed by atoms with Crippen molar-refractivity contribution in [2.75, 3.05) is 5.32 Å². The van der Waals surface area contributed by atoms with Gasteiger partial charge >= 0.3 is 0 Å². The van der Waals surface area contributed by atoms with Crippen LogP contribution in [0.1, 0.15) is 30.9 Å². The molecule has 0 aliphatic carbocycles. The Hall–Kier alpha value is -1.87. The zero-order chi connectivity index (χ0) is 16.3. The molecule has 0 bridgehead atoms. The van der Waals surface area contributed by atoms with Crippen LogP contribution >= 0.6 is 11.6 Å². The van der Waals surface area contributed by atoms with Gasteiger partial charge in [-0.25, -0.2) is 4.39 Å². The first-order chi connectivity index (χ1) is 10.4. The van der Waals surface area contributed by atoms with Crippen LogP contribution < -0.4 is 5.32 Å². The fourth-order valence-electron chi connectivity index (χ4n) is 2.49. The minimum atomic E-state index is -0.311. The number of benzene rings is 2. The molecule has 116 valence electrons. The van der Waals surface area contributed by atoms with Gasteiger partial charge in [0, 0.05) is 10.7 Å². The van der Waals surface area contributed by atoms with Crippen LogP contribution in [0.2, 0.25) is 5.02 Å². The van der Waals surface area contributed by atoms with Crippen molar-refractivity contribution in [2.45, 2.75) is 26.7 Å². The van der Waals surface area contributed by atoms with Crippen molar-refractivity contribution < 1.29 is 9.18 Å². The standard InChI is InChI=1S/C18H19ClFNO/c1-11(2)17(13-4-6-14(19)7-5-13)18(22)21-16-9-8-15(20)10-12(16)3/h4-11,17H,1-3H3,(H,21,22)/t17-/m0/s1. The summed E-state index contributed by atoms with van der Waals surface area (Å²) in [5.74, 6) is -0.579. The number of hydrogen-bond donors (Lipinski definition) is 1. The average Bonchev–Trinajstić information content (AvgIpc) is 2.44. The second-order valence-corrected chi connectivity index (χ2v) is 6.16. The summed E-state index contributed by atoms with van der Waals surface area (Å²) < 4.78 is 13.1. The Morgan fingerprint density at radius 2 is 1.77 bits per heavy atom. The van der Waals surface area contributed by atoms with Gasteiger partial charge in [-0.1, -0.05) is 37.6 Å². The van der Waals surface area contributed by atoms with Gasteiger partial charge in [0.15, 0.2) is 0 Å². The molecule has 0 fully saturated rings. The molecule has 2 aromatic carbocycles. The molecule has 2 rings (SSSR count). The smallest absolute Gasteiger partial charge is 0.232 e. The van der Waals surface area contributed by atoms with Crippen molar-refractivity contribution in [1.29, 1.82) is 0 Å². The number of hydrogen-bond acceptors (Lipinski definition) is 1. The van der Waals surface area contributed by atoms with Crippen LogP contribution in [0.15, 0.2) is 42.5 Å². The van der Waals surface area contributed by atoms with E-state index in [0.29, 0.717) is 16.3 Å². The molecule has 0 aromatic heterocycles. The minimum Gasteiger partial charge on any atom is -0.325 e. The summed E-state index contributed by atoms with van der Waals surface area (Å²) in [6, 6.07) is 11.6. The molecule has 4 heteroatoms. The van der Waals surface area contributed by atoms with Crippen LogP contribution in [0, 0.1) is 18.7 Å². The maximum Gasteiger partial charge on any atom is 0.232 e. The number of carbonyl (C=O) groups is 1. The summed E-state index contributed by atoms with van der Waals surface area (Å²) in [6.07, 6.45) is 0. The van der Waals surface area contributed by atoms with E-state index in [9.17, 15) is 9.18 Å². The zero-order valence-corrected chi connectivity index (χ0v) is 13.6.